The molecule has 2 heterocycles. The Labute approximate surface area is 195 Å². The van der Waals surface area contributed by atoms with Crippen molar-refractivity contribution in [2.24, 2.45) is 0 Å². The van der Waals surface area contributed by atoms with E-state index in [0.29, 0.717) is 24.7 Å². The number of nitrogens with zero attached hydrogens (tertiary/aromatic N) is 1. The fourth-order valence-electron chi connectivity index (χ4n) is 4.86. The highest BCUT2D eigenvalue weighted by atomic mass is 19.1. The summed E-state index contributed by atoms with van der Waals surface area (Å²) in [5.41, 5.74) is 1.26. The van der Waals surface area contributed by atoms with Gasteiger partial charge in [0.1, 0.15) is 17.7 Å². The number of carbonyl (C=O) groups excluding carboxylic acids is 3. The largest absolute Gasteiger partial charge is 0.442 e. The lowest BCUT2D eigenvalue weighted by Crippen LogP contribution is -2.55. The number of piperidine rings is 1. The van der Waals surface area contributed by atoms with Crippen molar-refractivity contribution < 1.29 is 27.9 Å². The van der Waals surface area contributed by atoms with Crippen molar-refractivity contribution in [2.75, 3.05) is 18.0 Å². The van der Waals surface area contributed by atoms with Gasteiger partial charge in [0.05, 0.1) is 19.0 Å². The summed E-state index contributed by atoms with van der Waals surface area (Å²) in [5.74, 6) is -3.38. The fourth-order valence-corrected chi connectivity index (χ4v) is 4.86. The fraction of sp³-hybridized carbons (Fsp3) is 0.400. The van der Waals surface area contributed by atoms with Crippen molar-refractivity contribution in [2.45, 2.75) is 49.7 Å². The molecule has 0 radical (unpaired) electrons. The minimum Gasteiger partial charge on any atom is -0.442 e. The van der Waals surface area contributed by atoms with Gasteiger partial charge in [0.2, 0.25) is 11.8 Å². The number of halogens is 2. The number of alkyl carbamates (subject to hydrolysis) is 1. The second-order valence-electron chi connectivity index (χ2n) is 9.18. The molecule has 0 bridgehead atoms. The summed E-state index contributed by atoms with van der Waals surface area (Å²) in [6.07, 6.45) is 0.998. The lowest BCUT2D eigenvalue weighted by molar-refractivity contribution is -0.134. The van der Waals surface area contributed by atoms with Crippen LogP contribution in [0, 0.1) is 11.6 Å². The Morgan fingerprint density at radius 3 is 2.38 bits per heavy atom. The van der Waals surface area contributed by atoms with E-state index in [9.17, 15) is 23.2 Å². The van der Waals surface area contributed by atoms with Crippen molar-refractivity contribution in [1.29, 1.82) is 0 Å². The summed E-state index contributed by atoms with van der Waals surface area (Å²) in [6.45, 7) is 0.642. The smallest absolute Gasteiger partial charge is 0.407 e. The van der Waals surface area contributed by atoms with Gasteiger partial charge in [-0.25, -0.2) is 13.6 Å². The SMILES string of the molecule is O=C1CCC(c2c(F)cc(N3CC(OC(=O)NC4CC(c5ccccc5)C4)C3)cc2F)C(=O)N1. The Bertz CT molecular complexity index is 1090. The number of nitrogens with one attached hydrogen (secondary N) is 2. The van der Waals surface area contributed by atoms with Crippen LogP contribution in [-0.4, -0.2) is 43.1 Å². The first kappa shape index (κ1) is 22.3. The van der Waals surface area contributed by atoms with Gasteiger partial charge in [-0.3, -0.25) is 14.9 Å². The number of hydrogen-bond donors (Lipinski definition) is 2. The number of benzene rings is 2. The van der Waals surface area contributed by atoms with Gasteiger partial charge in [-0.05, 0) is 42.9 Å². The van der Waals surface area contributed by atoms with Gasteiger partial charge in [0.25, 0.3) is 0 Å². The van der Waals surface area contributed by atoms with E-state index >= 15 is 0 Å². The maximum Gasteiger partial charge on any atom is 0.407 e. The number of anilines is 1. The highest BCUT2D eigenvalue weighted by molar-refractivity contribution is 6.01. The quantitative estimate of drug-likeness (QED) is 0.656. The minimum absolute atomic E-state index is 0.0397. The summed E-state index contributed by atoms with van der Waals surface area (Å²) in [7, 11) is 0. The second-order valence-corrected chi connectivity index (χ2v) is 9.18. The molecule has 2 aliphatic heterocycles. The summed E-state index contributed by atoms with van der Waals surface area (Å²) >= 11 is 0. The molecule has 1 aliphatic carbocycles. The maximum atomic E-state index is 14.7. The monoisotopic (exact) mass is 469 g/mol. The van der Waals surface area contributed by atoms with Crippen LogP contribution in [0.4, 0.5) is 19.3 Å². The predicted molar refractivity (Wildman–Crippen MR) is 119 cm³/mol. The third kappa shape index (κ3) is 4.47. The average molecular weight is 469 g/mol. The van der Waals surface area contributed by atoms with Crippen LogP contribution >= 0.6 is 0 Å². The first-order valence-corrected chi connectivity index (χ1v) is 11.5. The molecule has 1 atom stereocenters. The van der Waals surface area contributed by atoms with Crippen LogP contribution in [-0.2, 0) is 14.3 Å². The van der Waals surface area contributed by atoms with E-state index in [1.807, 2.05) is 18.2 Å². The van der Waals surface area contributed by atoms with E-state index in [1.165, 1.54) is 17.7 Å². The van der Waals surface area contributed by atoms with Crippen molar-refractivity contribution in [1.82, 2.24) is 10.6 Å². The van der Waals surface area contributed by atoms with Crippen LogP contribution in [0.25, 0.3) is 0 Å². The molecule has 7 nitrogen and oxygen atoms in total. The first-order valence-electron chi connectivity index (χ1n) is 11.5. The summed E-state index contributed by atoms with van der Waals surface area (Å²) < 4.78 is 34.8. The van der Waals surface area contributed by atoms with Gasteiger partial charge < -0.3 is 15.0 Å². The number of imide groups is 1. The van der Waals surface area contributed by atoms with Gasteiger partial charge in [-0.15, -0.1) is 0 Å². The van der Waals surface area contributed by atoms with Gasteiger partial charge in [0, 0.05) is 23.7 Å². The van der Waals surface area contributed by atoms with Crippen molar-refractivity contribution >= 4 is 23.6 Å². The number of hydrogen-bond acceptors (Lipinski definition) is 5. The molecule has 2 aromatic rings. The lowest BCUT2D eigenvalue weighted by Gasteiger charge is -2.41. The van der Waals surface area contributed by atoms with Gasteiger partial charge >= 0.3 is 6.09 Å². The van der Waals surface area contributed by atoms with E-state index in [1.54, 1.807) is 4.90 Å². The molecule has 34 heavy (non-hydrogen) atoms. The highest BCUT2D eigenvalue weighted by Crippen LogP contribution is 2.37. The molecule has 2 saturated heterocycles. The first-order chi connectivity index (χ1) is 16.4. The zero-order chi connectivity index (χ0) is 23.8. The maximum absolute atomic E-state index is 14.7. The minimum atomic E-state index is -1.03. The van der Waals surface area contributed by atoms with E-state index in [0.717, 1.165) is 12.8 Å². The number of rotatable bonds is 5. The Morgan fingerprint density at radius 2 is 1.74 bits per heavy atom. The standard InChI is InChI=1S/C25H25F2N3O4/c26-20-10-17(11-21(27)23(20)19-6-7-22(31)29-24(19)32)30-12-18(13-30)34-25(33)28-16-8-15(9-16)14-4-2-1-3-5-14/h1-5,10-11,15-16,18-19H,6-9,12-13H2,(H,28,33)(H,29,31,32). The molecule has 3 fully saturated rings. The van der Waals surface area contributed by atoms with Crippen LogP contribution in [0.2, 0.25) is 0 Å². The highest BCUT2D eigenvalue weighted by Gasteiger charge is 2.36. The predicted octanol–water partition coefficient (Wildman–Crippen LogP) is 3.35. The zero-order valence-electron chi connectivity index (χ0n) is 18.4. The van der Waals surface area contributed by atoms with E-state index in [4.69, 9.17) is 4.74 Å². The molecular formula is C25H25F2N3O4. The Hall–Kier alpha value is -3.49. The van der Waals surface area contributed by atoms with E-state index in [2.05, 4.69) is 22.8 Å². The topological polar surface area (TPSA) is 87.7 Å². The molecule has 0 aromatic heterocycles. The third-order valence-electron chi connectivity index (χ3n) is 6.87. The number of amides is 3. The van der Waals surface area contributed by atoms with Crippen LogP contribution in [0.1, 0.15) is 48.6 Å². The van der Waals surface area contributed by atoms with E-state index < -0.39 is 35.5 Å². The normalized spacial score (nSPS) is 24.6. The number of ether oxygens (including phenoxy) is 1. The Balaban J connectivity index is 1.10. The van der Waals surface area contributed by atoms with Crippen molar-refractivity contribution in [3.8, 4) is 0 Å². The molecule has 1 unspecified atom stereocenters. The molecule has 178 valence electrons. The number of carbonyl (C=O) groups is 3. The molecule has 3 amide bonds. The Kier molecular flexibility index (Phi) is 5.93. The van der Waals surface area contributed by atoms with Crippen molar-refractivity contribution in [3.63, 3.8) is 0 Å². The molecule has 0 spiro atoms. The van der Waals surface area contributed by atoms with E-state index in [-0.39, 0.29) is 30.6 Å². The van der Waals surface area contributed by atoms with Crippen molar-refractivity contribution in [3.05, 3.63) is 65.2 Å². The summed E-state index contributed by atoms with van der Waals surface area (Å²) in [4.78, 5) is 37.2. The Morgan fingerprint density at radius 1 is 1.06 bits per heavy atom. The molecular weight excluding hydrogens is 444 g/mol. The van der Waals surface area contributed by atoms with Gasteiger partial charge in [-0.1, -0.05) is 30.3 Å². The molecule has 1 saturated carbocycles. The molecule has 2 aromatic carbocycles. The molecule has 5 rings (SSSR count). The average Bonchev–Trinajstić information content (AvgIpc) is 2.74. The van der Waals surface area contributed by atoms with Crippen LogP contribution in [0.15, 0.2) is 42.5 Å². The third-order valence-corrected chi connectivity index (χ3v) is 6.87. The van der Waals surface area contributed by atoms with Crippen LogP contribution in [0.5, 0.6) is 0 Å². The lowest BCUT2D eigenvalue weighted by atomic mass is 9.76. The molecule has 3 aliphatic rings. The van der Waals surface area contributed by atoms with Gasteiger partial charge in [-0.2, -0.15) is 0 Å². The van der Waals surface area contributed by atoms with Gasteiger partial charge in [0.15, 0.2) is 0 Å². The molecule has 2 N–H and O–H groups in total. The summed E-state index contributed by atoms with van der Waals surface area (Å²) in [5, 5.41) is 5.00. The summed E-state index contributed by atoms with van der Waals surface area (Å²) in [6, 6.07) is 12.6. The second kappa shape index (κ2) is 9.04. The van der Waals surface area contributed by atoms with Crippen LogP contribution in [0.3, 0.4) is 0 Å². The van der Waals surface area contributed by atoms with Crippen LogP contribution < -0.4 is 15.5 Å². The zero-order valence-corrected chi connectivity index (χ0v) is 18.4. The molecule has 9 heteroatoms.